The molecular weight excluding hydrogens is 415 g/mol. The van der Waals surface area contributed by atoms with Gasteiger partial charge in [0.25, 0.3) is 0 Å². The lowest BCUT2D eigenvalue weighted by atomic mass is 10.1. The summed E-state index contributed by atoms with van der Waals surface area (Å²) < 4.78 is 19.2. The Bertz CT molecular complexity index is 1160. The number of rotatable bonds is 5. The maximum absolute atomic E-state index is 14.0. The molecule has 2 aromatic carbocycles. The van der Waals surface area contributed by atoms with E-state index in [1.807, 2.05) is 29.2 Å². The fourth-order valence-electron chi connectivity index (χ4n) is 3.57. The number of nitrogens with zero attached hydrogens (tertiary/aromatic N) is 4. The van der Waals surface area contributed by atoms with Gasteiger partial charge < -0.3 is 14.5 Å². The minimum atomic E-state index is -0.249. The van der Waals surface area contributed by atoms with Crippen molar-refractivity contribution in [3.8, 4) is 11.8 Å². The number of carbonyl (C=O) groups is 1. The number of amides is 1. The van der Waals surface area contributed by atoms with Crippen molar-refractivity contribution in [3.05, 3.63) is 59.9 Å². The number of halogens is 1. The number of piperazine rings is 1. The van der Waals surface area contributed by atoms with Crippen LogP contribution < -0.4 is 9.64 Å². The van der Waals surface area contributed by atoms with Crippen LogP contribution in [0.25, 0.3) is 10.9 Å². The van der Waals surface area contributed by atoms with E-state index in [0.717, 1.165) is 5.39 Å². The minimum absolute atomic E-state index is 0.0189. The molecule has 1 aliphatic heterocycles. The Morgan fingerprint density at radius 1 is 1.19 bits per heavy atom. The molecule has 0 bridgehead atoms. The van der Waals surface area contributed by atoms with Crippen LogP contribution in [-0.2, 0) is 4.79 Å². The first kappa shape index (κ1) is 20.9. The lowest BCUT2D eigenvalue weighted by Crippen LogP contribution is -2.49. The standard InChI is InChI=1S/C23H21FN4O2S/c1-30-18-7-6-16-12-17(14-25)23(26-20(16)13-18)31-15-22(29)28-10-8-27(9-11-28)21-5-3-2-4-19(21)24/h2-7,12-13H,8-11,15H2,1H3. The molecule has 0 saturated carbocycles. The molecule has 31 heavy (non-hydrogen) atoms. The van der Waals surface area contributed by atoms with Crippen LogP contribution in [0.4, 0.5) is 10.1 Å². The molecule has 158 valence electrons. The average Bonchev–Trinajstić information content (AvgIpc) is 2.82. The van der Waals surface area contributed by atoms with Gasteiger partial charge in [-0.25, -0.2) is 9.37 Å². The highest BCUT2D eigenvalue weighted by Gasteiger charge is 2.23. The number of carbonyl (C=O) groups excluding carboxylic acids is 1. The number of pyridine rings is 1. The van der Waals surface area contributed by atoms with Crippen molar-refractivity contribution in [3.63, 3.8) is 0 Å². The second-order valence-electron chi connectivity index (χ2n) is 7.12. The molecule has 0 spiro atoms. The third-order valence-electron chi connectivity index (χ3n) is 5.27. The van der Waals surface area contributed by atoms with Gasteiger partial charge in [0.1, 0.15) is 22.7 Å². The molecule has 0 radical (unpaired) electrons. The number of hydrogen-bond donors (Lipinski definition) is 0. The highest BCUT2D eigenvalue weighted by atomic mass is 32.2. The van der Waals surface area contributed by atoms with Crippen LogP contribution in [0.2, 0.25) is 0 Å². The quantitative estimate of drug-likeness (QED) is 0.568. The molecule has 0 atom stereocenters. The maximum Gasteiger partial charge on any atom is 0.233 e. The lowest BCUT2D eigenvalue weighted by Gasteiger charge is -2.36. The number of ether oxygens (including phenoxy) is 1. The van der Waals surface area contributed by atoms with Crippen molar-refractivity contribution < 1.29 is 13.9 Å². The van der Waals surface area contributed by atoms with Gasteiger partial charge in [-0.15, -0.1) is 0 Å². The third-order valence-corrected chi connectivity index (χ3v) is 6.24. The van der Waals surface area contributed by atoms with Crippen molar-refractivity contribution in [2.45, 2.75) is 5.03 Å². The summed E-state index contributed by atoms with van der Waals surface area (Å²) >= 11 is 1.26. The largest absolute Gasteiger partial charge is 0.497 e. The molecule has 1 saturated heterocycles. The second kappa shape index (κ2) is 9.23. The van der Waals surface area contributed by atoms with Gasteiger partial charge in [-0.3, -0.25) is 4.79 Å². The number of hydrogen-bond acceptors (Lipinski definition) is 6. The first-order chi connectivity index (χ1) is 15.1. The van der Waals surface area contributed by atoms with Crippen molar-refractivity contribution >= 4 is 34.3 Å². The zero-order valence-electron chi connectivity index (χ0n) is 17.0. The molecule has 8 heteroatoms. The van der Waals surface area contributed by atoms with Gasteiger partial charge >= 0.3 is 0 Å². The Hall–Kier alpha value is -3.31. The Morgan fingerprint density at radius 2 is 1.97 bits per heavy atom. The highest BCUT2D eigenvalue weighted by molar-refractivity contribution is 8.00. The van der Waals surface area contributed by atoms with E-state index in [1.54, 1.807) is 30.2 Å². The Morgan fingerprint density at radius 3 is 2.68 bits per heavy atom. The van der Waals surface area contributed by atoms with E-state index in [9.17, 15) is 14.4 Å². The summed E-state index contributed by atoms with van der Waals surface area (Å²) in [6.07, 6.45) is 0. The summed E-state index contributed by atoms with van der Waals surface area (Å²) in [4.78, 5) is 21.0. The van der Waals surface area contributed by atoms with Gasteiger partial charge in [0, 0.05) is 37.6 Å². The molecule has 4 rings (SSSR count). The number of anilines is 1. The molecule has 0 N–H and O–H groups in total. The van der Waals surface area contributed by atoms with Gasteiger partial charge in [0.2, 0.25) is 5.91 Å². The van der Waals surface area contributed by atoms with Crippen molar-refractivity contribution in [2.75, 3.05) is 43.9 Å². The molecule has 1 amide bonds. The van der Waals surface area contributed by atoms with Crippen molar-refractivity contribution in [1.82, 2.24) is 9.88 Å². The van der Waals surface area contributed by atoms with Crippen LogP contribution in [0.15, 0.2) is 53.6 Å². The minimum Gasteiger partial charge on any atom is -0.497 e. The number of thioether (sulfide) groups is 1. The second-order valence-corrected chi connectivity index (χ2v) is 8.08. The summed E-state index contributed by atoms with van der Waals surface area (Å²) in [6, 6.07) is 16.1. The highest BCUT2D eigenvalue weighted by Crippen LogP contribution is 2.27. The van der Waals surface area contributed by atoms with Crippen LogP contribution in [0.1, 0.15) is 5.56 Å². The van der Waals surface area contributed by atoms with E-state index in [4.69, 9.17) is 4.74 Å². The van der Waals surface area contributed by atoms with Crippen LogP contribution in [0, 0.1) is 17.1 Å². The molecular formula is C23H21FN4O2S. The Balaban J connectivity index is 1.40. The number of aromatic nitrogens is 1. The van der Waals surface area contributed by atoms with Gasteiger partial charge in [-0.1, -0.05) is 23.9 Å². The molecule has 3 aromatic rings. The normalized spacial score (nSPS) is 13.8. The maximum atomic E-state index is 14.0. The van der Waals surface area contributed by atoms with Crippen LogP contribution in [-0.4, -0.2) is 54.8 Å². The fourth-order valence-corrected chi connectivity index (χ4v) is 4.44. The average molecular weight is 437 g/mol. The van der Waals surface area contributed by atoms with Gasteiger partial charge in [0.15, 0.2) is 0 Å². The summed E-state index contributed by atoms with van der Waals surface area (Å²) in [5, 5.41) is 10.9. The zero-order chi connectivity index (χ0) is 21.8. The van der Waals surface area contributed by atoms with E-state index in [2.05, 4.69) is 11.1 Å². The smallest absolute Gasteiger partial charge is 0.233 e. The number of benzene rings is 2. The molecule has 6 nitrogen and oxygen atoms in total. The SMILES string of the molecule is COc1ccc2cc(C#N)c(SCC(=O)N3CCN(c4ccccc4F)CC3)nc2c1. The summed E-state index contributed by atoms with van der Waals surface area (Å²) in [7, 11) is 1.59. The van der Waals surface area contributed by atoms with Crippen LogP contribution in [0.5, 0.6) is 5.75 Å². The summed E-state index contributed by atoms with van der Waals surface area (Å²) in [5.74, 6) is 0.608. The number of fused-ring (bicyclic) bond motifs is 1. The molecule has 1 aromatic heterocycles. The first-order valence-corrected chi connectivity index (χ1v) is 10.9. The van der Waals surface area contributed by atoms with Gasteiger partial charge in [-0.05, 0) is 30.3 Å². The molecule has 1 aliphatic rings. The topological polar surface area (TPSA) is 69.5 Å². The van der Waals surface area contributed by atoms with E-state index in [1.165, 1.54) is 17.8 Å². The number of methoxy groups -OCH3 is 1. The Kier molecular flexibility index (Phi) is 6.23. The van der Waals surface area contributed by atoms with Gasteiger partial charge in [-0.2, -0.15) is 5.26 Å². The van der Waals surface area contributed by atoms with E-state index >= 15 is 0 Å². The lowest BCUT2D eigenvalue weighted by molar-refractivity contribution is -0.128. The van der Waals surface area contributed by atoms with Crippen molar-refractivity contribution in [2.24, 2.45) is 0 Å². The monoisotopic (exact) mass is 436 g/mol. The Labute approximate surface area is 184 Å². The number of para-hydroxylation sites is 1. The predicted molar refractivity (Wildman–Crippen MR) is 119 cm³/mol. The summed E-state index contributed by atoms with van der Waals surface area (Å²) in [6.45, 7) is 2.21. The van der Waals surface area contributed by atoms with Crippen molar-refractivity contribution in [1.29, 1.82) is 5.26 Å². The van der Waals surface area contributed by atoms with E-state index in [-0.39, 0.29) is 17.5 Å². The first-order valence-electron chi connectivity index (χ1n) is 9.88. The summed E-state index contributed by atoms with van der Waals surface area (Å²) in [5.41, 5.74) is 1.73. The van der Waals surface area contributed by atoms with E-state index in [0.29, 0.717) is 53.7 Å². The predicted octanol–water partition coefficient (Wildman–Crippen LogP) is 3.70. The van der Waals surface area contributed by atoms with Crippen LogP contribution in [0.3, 0.4) is 0 Å². The molecule has 2 heterocycles. The molecule has 1 fully saturated rings. The van der Waals surface area contributed by atoms with E-state index < -0.39 is 0 Å². The van der Waals surface area contributed by atoms with Crippen LogP contribution >= 0.6 is 11.8 Å². The molecule has 0 aliphatic carbocycles. The zero-order valence-corrected chi connectivity index (χ0v) is 17.9. The third kappa shape index (κ3) is 4.57. The van der Waals surface area contributed by atoms with Gasteiger partial charge in [0.05, 0.1) is 29.6 Å². The fraction of sp³-hybridized carbons (Fsp3) is 0.261. The molecule has 0 unspecified atom stereocenters. The number of nitriles is 1.